The quantitative estimate of drug-likeness (QED) is 0.340. The lowest BCUT2D eigenvalue weighted by Gasteiger charge is -2.26. The highest BCUT2D eigenvalue weighted by molar-refractivity contribution is 6.09. The molecule has 2 atom stereocenters. The fourth-order valence-electron chi connectivity index (χ4n) is 4.87. The van der Waals surface area contributed by atoms with Gasteiger partial charge in [-0.1, -0.05) is 81.8 Å². The van der Waals surface area contributed by atoms with E-state index in [1.165, 1.54) is 0 Å². The summed E-state index contributed by atoms with van der Waals surface area (Å²) < 4.78 is 0. The van der Waals surface area contributed by atoms with Gasteiger partial charge < -0.3 is 16.0 Å². The van der Waals surface area contributed by atoms with Crippen molar-refractivity contribution in [3.63, 3.8) is 0 Å². The Kier molecular flexibility index (Phi) is 10.4. The summed E-state index contributed by atoms with van der Waals surface area (Å²) in [5, 5.41) is 2.91. The van der Waals surface area contributed by atoms with Gasteiger partial charge in [0.15, 0.2) is 5.78 Å². The van der Waals surface area contributed by atoms with Crippen LogP contribution in [0.4, 0.5) is 0 Å². The summed E-state index contributed by atoms with van der Waals surface area (Å²) in [4.78, 5) is 53.7. The van der Waals surface area contributed by atoms with Crippen LogP contribution in [0.5, 0.6) is 0 Å². The third-order valence-electron chi connectivity index (χ3n) is 6.76. The van der Waals surface area contributed by atoms with Crippen molar-refractivity contribution in [2.45, 2.75) is 65.5 Å². The minimum absolute atomic E-state index is 0.0432. The number of benzene rings is 2. The third kappa shape index (κ3) is 7.63. The van der Waals surface area contributed by atoms with Crippen molar-refractivity contribution < 1.29 is 19.2 Å². The van der Waals surface area contributed by atoms with Crippen molar-refractivity contribution in [2.24, 2.45) is 17.6 Å². The van der Waals surface area contributed by atoms with E-state index in [-0.39, 0.29) is 17.6 Å². The lowest BCUT2D eigenvalue weighted by atomic mass is 9.90. The van der Waals surface area contributed by atoms with E-state index in [0.717, 1.165) is 18.4 Å². The van der Waals surface area contributed by atoms with E-state index in [1.54, 1.807) is 29.2 Å². The first-order valence-electron chi connectivity index (χ1n) is 13.5. The molecule has 38 heavy (non-hydrogen) atoms. The molecule has 0 spiro atoms. The average Bonchev–Trinajstić information content (AvgIpc) is 3.07. The molecule has 2 aromatic carbocycles. The van der Waals surface area contributed by atoms with E-state index in [4.69, 9.17) is 5.73 Å². The normalized spacial score (nSPS) is 17.2. The smallest absolute Gasteiger partial charge is 0.248 e. The van der Waals surface area contributed by atoms with Gasteiger partial charge in [-0.25, -0.2) is 0 Å². The number of primary amides is 1. The minimum atomic E-state index is -0.690. The summed E-state index contributed by atoms with van der Waals surface area (Å²) in [6.07, 6.45) is 5.08. The summed E-state index contributed by atoms with van der Waals surface area (Å²) in [5.41, 5.74) is 8.01. The van der Waals surface area contributed by atoms with E-state index >= 15 is 0 Å². The van der Waals surface area contributed by atoms with Crippen LogP contribution in [0.25, 0.3) is 0 Å². The van der Waals surface area contributed by atoms with Crippen molar-refractivity contribution in [1.29, 1.82) is 0 Å². The largest absolute Gasteiger partial charge is 0.369 e. The summed E-state index contributed by atoms with van der Waals surface area (Å²) in [6, 6.07) is 15.7. The molecule has 0 aliphatic carbocycles. The Labute approximate surface area is 225 Å². The zero-order valence-electron chi connectivity index (χ0n) is 22.6. The van der Waals surface area contributed by atoms with Gasteiger partial charge in [-0.3, -0.25) is 19.2 Å². The Bertz CT molecular complexity index is 1170. The molecule has 3 N–H and O–H groups in total. The van der Waals surface area contributed by atoms with Crippen molar-refractivity contribution in [3.8, 4) is 0 Å². The number of carbonyl (C=O) groups is 4. The van der Waals surface area contributed by atoms with Gasteiger partial charge in [0.2, 0.25) is 17.7 Å². The zero-order chi connectivity index (χ0) is 27.7. The van der Waals surface area contributed by atoms with E-state index in [0.29, 0.717) is 49.1 Å². The van der Waals surface area contributed by atoms with Crippen LogP contribution >= 0.6 is 0 Å². The maximum Gasteiger partial charge on any atom is 0.248 e. The average molecular weight is 518 g/mol. The molecule has 2 aromatic rings. The first-order chi connectivity index (χ1) is 18.2. The highest BCUT2D eigenvalue weighted by Crippen LogP contribution is 2.22. The van der Waals surface area contributed by atoms with E-state index in [2.05, 4.69) is 5.32 Å². The van der Waals surface area contributed by atoms with Crippen LogP contribution in [0.3, 0.4) is 0 Å². The summed E-state index contributed by atoms with van der Waals surface area (Å²) in [5.74, 6) is -1.82. The summed E-state index contributed by atoms with van der Waals surface area (Å²) in [6.45, 7) is 6.72. The maximum absolute atomic E-state index is 13.5. The molecule has 0 radical (unpaired) electrons. The van der Waals surface area contributed by atoms with Gasteiger partial charge in [-0.2, -0.15) is 0 Å². The van der Waals surface area contributed by atoms with Crippen molar-refractivity contribution in [2.75, 3.05) is 6.54 Å². The second-order valence-electron chi connectivity index (χ2n) is 10.3. The number of likely N-dealkylation sites (tertiary alicyclic amines) is 1. The van der Waals surface area contributed by atoms with Crippen LogP contribution in [0.2, 0.25) is 0 Å². The van der Waals surface area contributed by atoms with Crippen LogP contribution in [0.15, 0.2) is 66.2 Å². The number of rotatable bonds is 11. The molecule has 1 heterocycles. The number of nitrogens with zero attached hydrogens (tertiary/aromatic N) is 1. The molecule has 1 aliphatic heterocycles. The van der Waals surface area contributed by atoms with E-state index in [1.807, 2.05) is 57.2 Å². The molecule has 3 amide bonds. The highest BCUT2D eigenvalue weighted by Gasteiger charge is 2.32. The molecule has 7 heteroatoms. The minimum Gasteiger partial charge on any atom is -0.369 e. The van der Waals surface area contributed by atoms with Crippen LogP contribution in [0, 0.1) is 11.8 Å². The fourth-order valence-corrected chi connectivity index (χ4v) is 4.87. The number of hydrogen-bond donors (Lipinski definition) is 2. The topological polar surface area (TPSA) is 110 Å². The van der Waals surface area contributed by atoms with Gasteiger partial charge >= 0.3 is 0 Å². The first-order valence-corrected chi connectivity index (χ1v) is 13.5. The Morgan fingerprint density at radius 2 is 1.76 bits per heavy atom. The number of hydrogen-bond acceptors (Lipinski definition) is 4. The monoisotopic (exact) mass is 517 g/mol. The van der Waals surface area contributed by atoms with Crippen molar-refractivity contribution >= 4 is 23.5 Å². The molecule has 3 rings (SSSR count). The first kappa shape index (κ1) is 28.8. The second-order valence-corrected chi connectivity index (χ2v) is 10.3. The van der Waals surface area contributed by atoms with Crippen molar-refractivity contribution in [1.82, 2.24) is 10.2 Å². The molecule has 1 saturated heterocycles. The Morgan fingerprint density at radius 1 is 1.05 bits per heavy atom. The molecule has 0 unspecified atom stereocenters. The predicted octanol–water partition coefficient (Wildman–Crippen LogP) is 4.40. The van der Waals surface area contributed by atoms with Gasteiger partial charge in [-0.15, -0.1) is 0 Å². The van der Waals surface area contributed by atoms with Crippen LogP contribution in [-0.4, -0.2) is 41.0 Å². The fraction of sp³-hybridized carbons (Fsp3) is 0.419. The Balaban J connectivity index is 1.77. The van der Waals surface area contributed by atoms with E-state index in [9.17, 15) is 19.2 Å². The second kappa shape index (κ2) is 13.7. The lowest BCUT2D eigenvalue weighted by Crippen LogP contribution is -2.48. The van der Waals surface area contributed by atoms with E-state index < -0.39 is 23.8 Å². The van der Waals surface area contributed by atoms with Gasteiger partial charge in [-0.05, 0) is 43.2 Å². The number of nitrogens with two attached hydrogens (primary N) is 1. The van der Waals surface area contributed by atoms with Gasteiger partial charge in [0.1, 0.15) is 6.04 Å². The molecule has 0 saturated carbocycles. The zero-order valence-corrected chi connectivity index (χ0v) is 22.6. The molecule has 7 nitrogen and oxygen atoms in total. The van der Waals surface area contributed by atoms with Crippen molar-refractivity contribution in [3.05, 3.63) is 82.9 Å². The molecule has 1 aliphatic rings. The van der Waals surface area contributed by atoms with Crippen LogP contribution in [-0.2, 0) is 20.9 Å². The predicted molar refractivity (Wildman–Crippen MR) is 148 cm³/mol. The number of allylic oxidation sites excluding steroid dienone is 1. The maximum atomic E-state index is 13.5. The number of carbonyl (C=O) groups excluding carboxylic acids is 4. The standard InChI is InChI=1S/C31H39N3O4/c1-4-11-25(29(32)36)26(18-21(2)3)30(37)33-27-16-8-9-17-34(31(27)38)20-22-12-10-15-24(19-22)28(35)23-13-6-5-7-14-23/h5-7,10,12-15,18-19,21,25,27H,4,8-9,11,16-17,20H2,1-3H3,(H2,32,36)(H,33,37)/b26-18-/t25-,27-/m0/s1. The number of amides is 3. The third-order valence-corrected chi connectivity index (χ3v) is 6.76. The number of nitrogens with one attached hydrogen (secondary N) is 1. The molecule has 202 valence electrons. The summed E-state index contributed by atoms with van der Waals surface area (Å²) >= 11 is 0. The van der Waals surface area contributed by atoms with Gasteiger partial charge in [0.05, 0.1) is 5.92 Å². The highest BCUT2D eigenvalue weighted by atomic mass is 16.2. The Morgan fingerprint density at radius 3 is 2.42 bits per heavy atom. The Hall–Kier alpha value is -3.74. The molecular formula is C31H39N3O4. The number of ketones is 1. The molecular weight excluding hydrogens is 478 g/mol. The van der Waals surface area contributed by atoms with Crippen LogP contribution in [0.1, 0.15) is 74.4 Å². The lowest BCUT2D eigenvalue weighted by molar-refractivity contribution is -0.136. The van der Waals surface area contributed by atoms with Crippen LogP contribution < -0.4 is 11.1 Å². The SMILES string of the molecule is CCC[C@H](C(N)=O)/C(=C/C(C)C)C(=O)N[C@H]1CCCCN(Cc2cccc(C(=O)c3ccccc3)c2)C1=O. The van der Waals surface area contributed by atoms with Gasteiger partial charge in [0, 0.05) is 29.8 Å². The molecule has 0 aromatic heterocycles. The molecule has 1 fully saturated rings. The van der Waals surface area contributed by atoms with Gasteiger partial charge in [0.25, 0.3) is 0 Å². The molecule has 0 bridgehead atoms. The summed E-state index contributed by atoms with van der Waals surface area (Å²) in [7, 11) is 0.